The van der Waals surface area contributed by atoms with Gasteiger partial charge in [0.15, 0.2) is 0 Å². The molecule has 0 aromatic heterocycles. The highest BCUT2D eigenvalue weighted by molar-refractivity contribution is 4.97. The van der Waals surface area contributed by atoms with Crippen LogP contribution in [0.3, 0.4) is 0 Å². The number of rotatable bonds is 4. The van der Waals surface area contributed by atoms with Gasteiger partial charge in [0, 0.05) is 13.2 Å². The van der Waals surface area contributed by atoms with Gasteiger partial charge in [0.05, 0.1) is 5.60 Å². The summed E-state index contributed by atoms with van der Waals surface area (Å²) in [5.41, 5.74) is 3.34. The summed E-state index contributed by atoms with van der Waals surface area (Å²) in [7, 11) is 1.82. The maximum atomic E-state index is 5.77. The molecule has 15 heavy (non-hydrogen) atoms. The van der Waals surface area contributed by atoms with E-state index in [4.69, 9.17) is 10.6 Å². The molecule has 0 aromatic carbocycles. The van der Waals surface area contributed by atoms with Gasteiger partial charge in [-0.1, -0.05) is 20.8 Å². The van der Waals surface area contributed by atoms with Crippen molar-refractivity contribution in [2.24, 2.45) is 11.3 Å². The first kappa shape index (κ1) is 12.9. The zero-order valence-corrected chi connectivity index (χ0v) is 10.6. The van der Waals surface area contributed by atoms with Crippen molar-refractivity contribution < 1.29 is 4.74 Å². The highest BCUT2D eigenvalue weighted by atomic mass is 16.5. The Balaban J connectivity index is 2.71. The molecule has 0 amide bonds. The van der Waals surface area contributed by atoms with Gasteiger partial charge in [-0.2, -0.15) is 0 Å². The molecule has 90 valence electrons. The molecule has 0 saturated heterocycles. The van der Waals surface area contributed by atoms with Gasteiger partial charge in [-0.25, -0.2) is 0 Å². The molecule has 1 atom stereocenters. The molecule has 1 aliphatic rings. The molecular weight excluding hydrogens is 188 g/mol. The van der Waals surface area contributed by atoms with Crippen LogP contribution in [0.1, 0.15) is 52.9 Å². The molecule has 1 saturated carbocycles. The molecule has 0 bridgehead atoms. The molecule has 3 heteroatoms. The molecule has 1 unspecified atom stereocenters. The maximum absolute atomic E-state index is 5.77. The summed E-state index contributed by atoms with van der Waals surface area (Å²) in [6, 6.07) is 0.276. The van der Waals surface area contributed by atoms with Crippen LogP contribution in [0.5, 0.6) is 0 Å². The van der Waals surface area contributed by atoms with Gasteiger partial charge in [0.25, 0.3) is 0 Å². The third-order valence-corrected chi connectivity index (χ3v) is 4.10. The monoisotopic (exact) mass is 214 g/mol. The van der Waals surface area contributed by atoms with Crippen molar-refractivity contribution in [2.45, 2.75) is 64.5 Å². The van der Waals surface area contributed by atoms with Crippen molar-refractivity contribution in [2.75, 3.05) is 7.11 Å². The summed E-state index contributed by atoms with van der Waals surface area (Å²) < 4.78 is 5.77. The third kappa shape index (κ3) is 2.71. The van der Waals surface area contributed by atoms with Crippen molar-refractivity contribution in [1.82, 2.24) is 5.43 Å². The standard InChI is InChI=1S/C12H26N2O/c1-5-10(14-13)12(15-4)8-6-11(2,3)7-9-12/h10,14H,5-9,13H2,1-4H3. The van der Waals surface area contributed by atoms with Gasteiger partial charge < -0.3 is 4.74 Å². The fourth-order valence-electron chi connectivity index (χ4n) is 2.69. The van der Waals surface area contributed by atoms with Crippen LogP contribution in [-0.2, 0) is 4.74 Å². The van der Waals surface area contributed by atoms with Gasteiger partial charge in [0.2, 0.25) is 0 Å². The van der Waals surface area contributed by atoms with Crippen LogP contribution in [0.2, 0.25) is 0 Å². The minimum absolute atomic E-state index is 0.0426. The second kappa shape index (κ2) is 4.81. The first-order chi connectivity index (χ1) is 6.99. The summed E-state index contributed by atoms with van der Waals surface area (Å²) in [6.07, 6.45) is 5.68. The number of hydrogen-bond donors (Lipinski definition) is 2. The lowest BCUT2D eigenvalue weighted by Gasteiger charge is -2.46. The van der Waals surface area contributed by atoms with Crippen molar-refractivity contribution in [1.29, 1.82) is 0 Å². The van der Waals surface area contributed by atoms with E-state index in [2.05, 4.69) is 26.2 Å². The first-order valence-corrected chi connectivity index (χ1v) is 6.01. The lowest BCUT2D eigenvalue weighted by atomic mass is 9.68. The molecule has 0 aliphatic heterocycles. The topological polar surface area (TPSA) is 47.3 Å². The molecule has 0 heterocycles. The van der Waals surface area contributed by atoms with E-state index in [9.17, 15) is 0 Å². The number of hydrazine groups is 1. The lowest BCUT2D eigenvalue weighted by molar-refractivity contribution is -0.0870. The lowest BCUT2D eigenvalue weighted by Crippen LogP contribution is -2.56. The highest BCUT2D eigenvalue weighted by Crippen LogP contribution is 2.43. The minimum Gasteiger partial charge on any atom is -0.377 e. The Morgan fingerprint density at radius 1 is 1.27 bits per heavy atom. The molecule has 1 rings (SSSR count). The molecule has 3 nitrogen and oxygen atoms in total. The van der Waals surface area contributed by atoms with Crippen LogP contribution >= 0.6 is 0 Å². The van der Waals surface area contributed by atoms with Gasteiger partial charge in [-0.05, 0) is 37.5 Å². The van der Waals surface area contributed by atoms with Crippen LogP contribution in [-0.4, -0.2) is 18.8 Å². The van der Waals surface area contributed by atoms with Crippen LogP contribution < -0.4 is 11.3 Å². The second-order valence-electron chi connectivity index (χ2n) is 5.56. The SMILES string of the molecule is CCC(NN)C1(OC)CCC(C)(C)CC1. The molecule has 0 radical (unpaired) electrons. The zero-order chi connectivity index (χ0) is 11.5. The number of nitrogens with one attached hydrogen (secondary N) is 1. The summed E-state index contributed by atoms with van der Waals surface area (Å²) in [5, 5.41) is 0. The molecule has 3 N–H and O–H groups in total. The zero-order valence-electron chi connectivity index (χ0n) is 10.6. The van der Waals surface area contributed by atoms with Crippen molar-refractivity contribution in [3.63, 3.8) is 0 Å². The largest absolute Gasteiger partial charge is 0.377 e. The summed E-state index contributed by atoms with van der Waals surface area (Å²) in [4.78, 5) is 0. The summed E-state index contributed by atoms with van der Waals surface area (Å²) in [5.74, 6) is 5.61. The maximum Gasteiger partial charge on any atom is 0.0844 e. The molecular formula is C12H26N2O. The second-order valence-corrected chi connectivity index (χ2v) is 5.56. The van der Waals surface area contributed by atoms with E-state index < -0.39 is 0 Å². The van der Waals surface area contributed by atoms with Gasteiger partial charge in [-0.15, -0.1) is 0 Å². The van der Waals surface area contributed by atoms with Gasteiger partial charge in [0.1, 0.15) is 0 Å². The predicted molar refractivity (Wildman–Crippen MR) is 63.4 cm³/mol. The van der Waals surface area contributed by atoms with Crippen molar-refractivity contribution >= 4 is 0 Å². The Kier molecular flexibility index (Phi) is 4.15. The Hall–Kier alpha value is -0.120. The van der Waals surface area contributed by atoms with Crippen LogP contribution in [0.15, 0.2) is 0 Å². The fourth-order valence-corrected chi connectivity index (χ4v) is 2.69. The first-order valence-electron chi connectivity index (χ1n) is 6.01. The average molecular weight is 214 g/mol. The third-order valence-electron chi connectivity index (χ3n) is 4.10. The molecule has 1 aliphatic carbocycles. The molecule has 1 fully saturated rings. The van der Waals surface area contributed by atoms with E-state index in [1.165, 1.54) is 12.8 Å². The van der Waals surface area contributed by atoms with E-state index in [-0.39, 0.29) is 11.6 Å². The van der Waals surface area contributed by atoms with Crippen molar-refractivity contribution in [3.05, 3.63) is 0 Å². The van der Waals surface area contributed by atoms with Gasteiger partial charge in [-0.3, -0.25) is 11.3 Å². The normalized spacial score (nSPS) is 26.2. The Morgan fingerprint density at radius 3 is 2.13 bits per heavy atom. The molecule has 0 aromatic rings. The highest BCUT2D eigenvalue weighted by Gasteiger charge is 2.43. The summed E-state index contributed by atoms with van der Waals surface area (Å²) in [6.45, 7) is 6.83. The van der Waals surface area contributed by atoms with Crippen molar-refractivity contribution in [3.8, 4) is 0 Å². The Labute approximate surface area is 93.7 Å². The molecule has 0 spiro atoms. The Bertz CT molecular complexity index is 190. The van der Waals surface area contributed by atoms with E-state index in [0.29, 0.717) is 5.41 Å². The average Bonchev–Trinajstić information content (AvgIpc) is 2.22. The Morgan fingerprint density at radius 2 is 1.80 bits per heavy atom. The predicted octanol–water partition coefficient (Wildman–Crippen LogP) is 2.21. The minimum atomic E-state index is -0.0426. The summed E-state index contributed by atoms with van der Waals surface area (Å²) >= 11 is 0. The van der Waals surface area contributed by atoms with E-state index in [0.717, 1.165) is 19.3 Å². The quantitative estimate of drug-likeness (QED) is 0.557. The smallest absolute Gasteiger partial charge is 0.0844 e. The van der Waals surface area contributed by atoms with Gasteiger partial charge >= 0.3 is 0 Å². The van der Waals surface area contributed by atoms with Crippen LogP contribution in [0.4, 0.5) is 0 Å². The van der Waals surface area contributed by atoms with E-state index in [1.54, 1.807) is 0 Å². The number of hydrogen-bond acceptors (Lipinski definition) is 3. The number of methoxy groups -OCH3 is 1. The van der Waals surface area contributed by atoms with Crippen LogP contribution in [0.25, 0.3) is 0 Å². The number of ether oxygens (including phenoxy) is 1. The fraction of sp³-hybridized carbons (Fsp3) is 1.00. The number of nitrogens with two attached hydrogens (primary N) is 1. The van der Waals surface area contributed by atoms with E-state index >= 15 is 0 Å². The van der Waals surface area contributed by atoms with E-state index in [1.807, 2.05) is 7.11 Å². The van der Waals surface area contributed by atoms with Crippen LogP contribution in [0, 0.1) is 5.41 Å².